The van der Waals surface area contributed by atoms with E-state index in [0.717, 1.165) is 19.3 Å². The van der Waals surface area contributed by atoms with Crippen LogP contribution in [0.15, 0.2) is 0 Å². The molecule has 0 spiro atoms. The van der Waals surface area contributed by atoms with Crippen molar-refractivity contribution in [3.63, 3.8) is 0 Å². The standard InChI is InChI=1S/C18H29FN2O2/c19-18(17(23)20-13-15-5-6-15)9-11-21(12-10-18)16(22)8-7-14-3-1-2-4-14/h14-15H,1-13H2,(H,20,23). The fourth-order valence-electron chi connectivity index (χ4n) is 3.84. The van der Waals surface area contributed by atoms with Crippen molar-refractivity contribution in [3.8, 4) is 0 Å². The van der Waals surface area contributed by atoms with Crippen LogP contribution < -0.4 is 5.32 Å². The van der Waals surface area contributed by atoms with Gasteiger partial charge in [-0.25, -0.2) is 4.39 Å². The summed E-state index contributed by atoms with van der Waals surface area (Å²) in [5, 5.41) is 2.74. The molecule has 0 aromatic carbocycles. The lowest BCUT2D eigenvalue weighted by molar-refractivity contribution is -0.142. The maximum atomic E-state index is 14.8. The molecule has 1 saturated heterocycles. The van der Waals surface area contributed by atoms with Crippen molar-refractivity contribution < 1.29 is 14.0 Å². The van der Waals surface area contributed by atoms with Gasteiger partial charge in [-0.1, -0.05) is 25.7 Å². The van der Waals surface area contributed by atoms with Gasteiger partial charge in [-0.2, -0.15) is 0 Å². The second-order valence-electron chi connectivity index (χ2n) is 7.69. The number of likely N-dealkylation sites (tertiary alicyclic amines) is 1. The molecule has 2 saturated carbocycles. The maximum absolute atomic E-state index is 14.8. The highest BCUT2D eigenvalue weighted by atomic mass is 19.1. The molecule has 0 unspecified atom stereocenters. The molecular formula is C18H29FN2O2. The Balaban J connectivity index is 1.39. The average molecular weight is 324 g/mol. The minimum atomic E-state index is -1.78. The van der Waals surface area contributed by atoms with Crippen LogP contribution in [-0.4, -0.2) is 42.0 Å². The molecule has 1 N–H and O–H groups in total. The van der Waals surface area contributed by atoms with Gasteiger partial charge in [0.1, 0.15) is 0 Å². The third-order valence-electron chi connectivity index (χ3n) is 5.81. The van der Waals surface area contributed by atoms with Gasteiger partial charge in [0.05, 0.1) is 0 Å². The van der Waals surface area contributed by atoms with Crippen LogP contribution in [0.5, 0.6) is 0 Å². The van der Waals surface area contributed by atoms with E-state index in [1.165, 1.54) is 25.7 Å². The number of piperidine rings is 1. The van der Waals surface area contributed by atoms with E-state index in [4.69, 9.17) is 0 Å². The van der Waals surface area contributed by atoms with Crippen molar-refractivity contribution in [2.45, 2.75) is 69.9 Å². The second-order valence-corrected chi connectivity index (χ2v) is 7.69. The van der Waals surface area contributed by atoms with Gasteiger partial charge in [0.2, 0.25) is 5.91 Å². The van der Waals surface area contributed by atoms with Crippen LogP contribution in [0.25, 0.3) is 0 Å². The van der Waals surface area contributed by atoms with E-state index >= 15 is 0 Å². The smallest absolute Gasteiger partial charge is 0.257 e. The summed E-state index contributed by atoms with van der Waals surface area (Å²) in [5.74, 6) is 0.928. The molecule has 3 aliphatic rings. The predicted molar refractivity (Wildman–Crippen MR) is 86.6 cm³/mol. The zero-order valence-corrected chi connectivity index (χ0v) is 14.0. The topological polar surface area (TPSA) is 49.4 Å². The van der Waals surface area contributed by atoms with E-state index in [2.05, 4.69) is 5.32 Å². The molecular weight excluding hydrogens is 295 g/mol. The van der Waals surface area contributed by atoms with E-state index in [1.54, 1.807) is 4.90 Å². The van der Waals surface area contributed by atoms with E-state index in [1.807, 2.05) is 0 Å². The summed E-state index contributed by atoms with van der Waals surface area (Å²) in [6.45, 7) is 1.35. The van der Waals surface area contributed by atoms with Gasteiger partial charge in [-0.15, -0.1) is 0 Å². The fourth-order valence-corrected chi connectivity index (χ4v) is 3.84. The summed E-state index contributed by atoms with van der Waals surface area (Å²) in [5.41, 5.74) is -1.78. The molecule has 0 atom stereocenters. The number of hydrogen-bond donors (Lipinski definition) is 1. The number of rotatable bonds is 6. The quantitative estimate of drug-likeness (QED) is 0.817. The first-order chi connectivity index (χ1) is 11.1. The Morgan fingerprint density at radius 3 is 2.30 bits per heavy atom. The molecule has 1 aliphatic heterocycles. The first-order valence-electron chi connectivity index (χ1n) is 9.32. The Labute approximate surface area is 138 Å². The molecule has 2 amide bonds. The third kappa shape index (κ3) is 4.45. The second kappa shape index (κ2) is 7.18. The SMILES string of the molecule is O=C(CCC1CCCC1)N1CCC(F)(C(=O)NCC2CC2)CC1. The molecule has 0 bridgehead atoms. The van der Waals surface area contributed by atoms with Crippen molar-refractivity contribution in [1.29, 1.82) is 0 Å². The monoisotopic (exact) mass is 324 g/mol. The van der Waals surface area contributed by atoms with Crippen LogP contribution >= 0.6 is 0 Å². The molecule has 3 fully saturated rings. The van der Waals surface area contributed by atoms with Gasteiger partial charge in [-0.05, 0) is 31.1 Å². The largest absolute Gasteiger partial charge is 0.353 e. The lowest BCUT2D eigenvalue weighted by Gasteiger charge is -2.35. The van der Waals surface area contributed by atoms with Crippen LogP contribution in [0.4, 0.5) is 4.39 Å². The molecule has 0 aromatic heterocycles. The minimum Gasteiger partial charge on any atom is -0.353 e. The number of carbonyl (C=O) groups excluding carboxylic acids is 2. The summed E-state index contributed by atoms with van der Waals surface area (Å²) in [6.07, 6.45) is 9.20. The number of halogens is 1. The number of alkyl halides is 1. The van der Waals surface area contributed by atoms with Crippen LogP contribution in [0, 0.1) is 11.8 Å². The Bertz CT molecular complexity index is 436. The minimum absolute atomic E-state index is 0.136. The number of nitrogens with one attached hydrogen (secondary N) is 1. The summed E-state index contributed by atoms with van der Waals surface area (Å²) in [7, 11) is 0. The maximum Gasteiger partial charge on any atom is 0.257 e. The zero-order valence-electron chi connectivity index (χ0n) is 14.0. The Morgan fingerprint density at radius 2 is 1.70 bits per heavy atom. The number of amides is 2. The lowest BCUT2D eigenvalue weighted by atomic mass is 9.91. The molecule has 23 heavy (non-hydrogen) atoms. The first kappa shape index (κ1) is 16.7. The zero-order chi connectivity index (χ0) is 16.3. The molecule has 5 heteroatoms. The van der Waals surface area contributed by atoms with Crippen molar-refractivity contribution in [1.82, 2.24) is 10.2 Å². The Hall–Kier alpha value is -1.13. The normalized spacial score (nSPS) is 24.7. The van der Waals surface area contributed by atoms with Gasteiger partial charge in [0.15, 0.2) is 5.67 Å². The molecule has 2 aliphatic carbocycles. The van der Waals surface area contributed by atoms with Gasteiger partial charge in [0, 0.05) is 38.9 Å². The fraction of sp³-hybridized carbons (Fsp3) is 0.889. The third-order valence-corrected chi connectivity index (χ3v) is 5.81. The molecule has 0 aromatic rings. The summed E-state index contributed by atoms with van der Waals surface area (Å²) < 4.78 is 14.8. The molecule has 4 nitrogen and oxygen atoms in total. The van der Waals surface area contributed by atoms with E-state index in [-0.39, 0.29) is 18.7 Å². The summed E-state index contributed by atoms with van der Waals surface area (Å²) in [4.78, 5) is 26.1. The van der Waals surface area contributed by atoms with Crippen molar-refractivity contribution in [2.75, 3.05) is 19.6 Å². The van der Waals surface area contributed by atoms with Crippen molar-refractivity contribution in [2.24, 2.45) is 11.8 Å². The number of nitrogens with zero attached hydrogens (tertiary/aromatic N) is 1. The van der Waals surface area contributed by atoms with Crippen LogP contribution in [0.2, 0.25) is 0 Å². The van der Waals surface area contributed by atoms with E-state index in [0.29, 0.717) is 37.9 Å². The Kier molecular flexibility index (Phi) is 5.22. The van der Waals surface area contributed by atoms with Gasteiger partial charge >= 0.3 is 0 Å². The average Bonchev–Trinajstić information content (AvgIpc) is 3.24. The first-order valence-corrected chi connectivity index (χ1v) is 9.32. The van der Waals surface area contributed by atoms with Crippen LogP contribution in [0.3, 0.4) is 0 Å². The van der Waals surface area contributed by atoms with Crippen molar-refractivity contribution in [3.05, 3.63) is 0 Å². The van der Waals surface area contributed by atoms with E-state index < -0.39 is 11.6 Å². The summed E-state index contributed by atoms with van der Waals surface area (Å²) in [6, 6.07) is 0. The lowest BCUT2D eigenvalue weighted by Crippen LogP contribution is -2.52. The summed E-state index contributed by atoms with van der Waals surface area (Å²) >= 11 is 0. The van der Waals surface area contributed by atoms with Gasteiger partial charge in [0.25, 0.3) is 5.91 Å². The molecule has 0 radical (unpaired) electrons. The molecule has 130 valence electrons. The number of hydrogen-bond acceptors (Lipinski definition) is 2. The van der Waals surface area contributed by atoms with E-state index in [9.17, 15) is 14.0 Å². The van der Waals surface area contributed by atoms with Crippen LogP contribution in [-0.2, 0) is 9.59 Å². The van der Waals surface area contributed by atoms with Crippen molar-refractivity contribution >= 4 is 11.8 Å². The number of carbonyl (C=O) groups is 2. The van der Waals surface area contributed by atoms with Gasteiger partial charge in [-0.3, -0.25) is 9.59 Å². The van der Waals surface area contributed by atoms with Gasteiger partial charge < -0.3 is 10.2 Å². The molecule has 3 rings (SSSR count). The molecule has 1 heterocycles. The highest BCUT2D eigenvalue weighted by Gasteiger charge is 2.42. The van der Waals surface area contributed by atoms with Crippen LogP contribution in [0.1, 0.15) is 64.2 Å². The highest BCUT2D eigenvalue weighted by molar-refractivity contribution is 5.85. The highest BCUT2D eigenvalue weighted by Crippen LogP contribution is 2.31. The predicted octanol–water partition coefficient (Wildman–Crippen LogP) is 2.81. The Morgan fingerprint density at radius 1 is 1.04 bits per heavy atom.